The highest BCUT2D eigenvalue weighted by Crippen LogP contribution is 2.24. The smallest absolute Gasteiger partial charge is 0.225 e. The lowest BCUT2D eigenvalue weighted by molar-refractivity contribution is -0.137. The predicted octanol–water partition coefficient (Wildman–Crippen LogP) is 3.19. The van der Waals surface area contributed by atoms with E-state index in [0.29, 0.717) is 23.9 Å². The summed E-state index contributed by atoms with van der Waals surface area (Å²) >= 11 is 0. The molecule has 20 heavy (non-hydrogen) atoms. The molecule has 1 N–H and O–H groups in total. The molecule has 1 saturated heterocycles. The summed E-state index contributed by atoms with van der Waals surface area (Å²) in [5.74, 6) is 1.13. The number of carbonyl (C=O) groups excluding carboxylic acids is 1. The van der Waals surface area contributed by atoms with Gasteiger partial charge in [-0.1, -0.05) is 46.5 Å². The summed E-state index contributed by atoms with van der Waals surface area (Å²) in [6.07, 6.45) is 9.22. The van der Waals surface area contributed by atoms with E-state index in [-0.39, 0.29) is 5.92 Å². The van der Waals surface area contributed by atoms with Gasteiger partial charge in [-0.15, -0.1) is 0 Å². The van der Waals surface area contributed by atoms with Crippen molar-refractivity contribution in [2.75, 3.05) is 13.1 Å². The van der Waals surface area contributed by atoms with E-state index < -0.39 is 0 Å². The Morgan fingerprint density at radius 3 is 2.45 bits per heavy atom. The molecule has 1 heterocycles. The van der Waals surface area contributed by atoms with Crippen LogP contribution >= 0.6 is 0 Å². The highest BCUT2D eigenvalue weighted by molar-refractivity contribution is 5.78. The maximum atomic E-state index is 12.3. The van der Waals surface area contributed by atoms with Gasteiger partial charge in [0.15, 0.2) is 0 Å². The van der Waals surface area contributed by atoms with Crippen LogP contribution in [0, 0.1) is 11.8 Å². The van der Waals surface area contributed by atoms with Crippen LogP contribution in [0.4, 0.5) is 0 Å². The quantitative estimate of drug-likeness (QED) is 0.857. The first-order valence-corrected chi connectivity index (χ1v) is 8.65. The minimum atomic E-state index is 0.126. The van der Waals surface area contributed by atoms with Crippen molar-refractivity contribution >= 4 is 5.91 Å². The van der Waals surface area contributed by atoms with Gasteiger partial charge in [0.2, 0.25) is 5.91 Å². The van der Waals surface area contributed by atoms with Crippen molar-refractivity contribution in [1.29, 1.82) is 0 Å². The van der Waals surface area contributed by atoms with Crippen molar-refractivity contribution in [1.82, 2.24) is 10.2 Å². The van der Waals surface area contributed by atoms with Crippen LogP contribution in [0.15, 0.2) is 0 Å². The number of rotatable bonds is 4. The second kappa shape index (κ2) is 7.44. The summed E-state index contributed by atoms with van der Waals surface area (Å²) in [6, 6.07) is 1.21. The molecule has 0 spiro atoms. The fourth-order valence-corrected chi connectivity index (χ4v) is 3.77. The summed E-state index contributed by atoms with van der Waals surface area (Å²) in [7, 11) is 0. The molecular weight excluding hydrogens is 248 g/mol. The number of likely N-dealkylation sites (tertiary alicyclic amines) is 1. The molecule has 3 nitrogen and oxygen atoms in total. The van der Waals surface area contributed by atoms with Gasteiger partial charge in [0, 0.05) is 31.1 Å². The van der Waals surface area contributed by atoms with Gasteiger partial charge < -0.3 is 10.2 Å². The van der Waals surface area contributed by atoms with E-state index in [1.165, 1.54) is 44.9 Å². The van der Waals surface area contributed by atoms with Gasteiger partial charge in [-0.3, -0.25) is 4.79 Å². The van der Waals surface area contributed by atoms with Crippen molar-refractivity contribution in [3.05, 3.63) is 0 Å². The molecule has 3 heteroatoms. The van der Waals surface area contributed by atoms with Crippen LogP contribution in [0.3, 0.4) is 0 Å². The third-order valence-corrected chi connectivity index (χ3v) is 5.00. The maximum Gasteiger partial charge on any atom is 0.225 e. The van der Waals surface area contributed by atoms with Crippen molar-refractivity contribution in [3.63, 3.8) is 0 Å². The molecule has 2 unspecified atom stereocenters. The zero-order valence-corrected chi connectivity index (χ0v) is 13.5. The molecule has 0 aromatic carbocycles. The zero-order chi connectivity index (χ0) is 14.5. The number of nitrogens with zero attached hydrogens (tertiary/aromatic N) is 1. The molecule has 2 fully saturated rings. The average Bonchev–Trinajstić information content (AvgIpc) is 2.47. The van der Waals surface area contributed by atoms with Crippen LogP contribution < -0.4 is 5.32 Å². The fraction of sp³-hybridized carbons (Fsp3) is 0.941. The highest BCUT2D eigenvalue weighted by Gasteiger charge is 2.31. The van der Waals surface area contributed by atoms with E-state index >= 15 is 0 Å². The predicted molar refractivity (Wildman–Crippen MR) is 83.6 cm³/mol. The van der Waals surface area contributed by atoms with Gasteiger partial charge in [0.05, 0.1) is 0 Å². The molecule has 2 aliphatic rings. The highest BCUT2D eigenvalue weighted by atomic mass is 16.2. The van der Waals surface area contributed by atoms with E-state index in [2.05, 4.69) is 17.1 Å². The lowest BCUT2D eigenvalue weighted by atomic mass is 9.89. The summed E-state index contributed by atoms with van der Waals surface area (Å²) in [5, 5.41) is 3.85. The fourth-order valence-electron chi connectivity index (χ4n) is 3.77. The Kier molecular flexibility index (Phi) is 5.88. The minimum Gasteiger partial charge on any atom is -0.341 e. The second-order valence-electron chi connectivity index (χ2n) is 7.11. The second-order valence-corrected chi connectivity index (χ2v) is 7.11. The first-order valence-electron chi connectivity index (χ1n) is 8.65. The number of hydrogen-bond donors (Lipinski definition) is 1. The monoisotopic (exact) mass is 280 g/mol. The number of nitrogens with one attached hydrogen (secondary N) is 1. The van der Waals surface area contributed by atoms with Crippen molar-refractivity contribution in [2.24, 2.45) is 11.8 Å². The molecule has 0 aromatic heterocycles. The first kappa shape index (κ1) is 15.8. The Labute approximate surface area is 124 Å². The van der Waals surface area contributed by atoms with E-state index in [4.69, 9.17) is 0 Å². The Balaban J connectivity index is 1.92. The zero-order valence-electron chi connectivity index (χ0n) is 13.5. The standard InChI is InChI=1S/C17H32N2O/c1-4-14-10-16(18-15-8-6-5-7-9-15)12-19(11-14)17(20)13(2)3/h13-16,18H,4-12H2,1-3H3. The van der Waals surface area contributed by atoms with E-state index in [1.54, 1.807) is 0 Å². The largest absolute Gasteiger partial charge is 0.341 e. The van der Waals surface area contributed by atoms with Gasteiger partial charge in [0.25, 0.3) is 0 Å². The lowest BCUT2D eigenvalue weighted by Gasteiger charge is -2.40. The van der Waals surface area contributed by atoms with E-state index in [9.17, 15) is 4.79 Å². The molecule has 1 saturated carbocycles. The van der Waals surface area contributed by atoms with Gasteiger partial charge >= 0.3 is 0 Å². The summed E-state index contributed by atoms with van der Waals surface area (Å²) < 4.78 is 0. The van der Waals surface area contributed by atoms with Crippen molar-refractivity contribution < 1.29 is 4.79 Å². The summed E-state index contributed by atoms with van der Waals surface area (Å²) in [4.78, 5) is 14.4. The van der Waals surface area contributed by atoms with Crippen LogP contribution in [-0.4, -0.2) is 36.0 Å². The van der Waals surface area contributed by atoms with Crippen LogP contribution in [0.1, 0.15) is 65.7 Å². The third kappa shape index (κ3) is 4.21. The Bertz CT molecular complexity index is 310. The molecular formula is C17H32N2O. The summed E-state index contributed by atoms with van der Waals surface area (Å²) in [6.45, 7) is 8.18. The Morgan fingerprint density at radius 1 is 1.15 bits per heavy atom. The van der Waals surface area contributed by atoms with E-state index in [1.807, 2.05) is 13.8 Å². The lowest BCUT2D eigenvalue weighted by Crippen LogP contribution is -2.54. The molecule has 0 aromatic rings. The summed E-state index contributed by atoms with van der Waals surface area (Å²) in [5.41, 5.74) is 0. The van der Waals surface area contributed by atoms with Gasteiger partial charge in [0.1, 0.15) is 0 Å². The van der Waals surface area contributed by atoms with Crippen molar-refractivity contribution in [3.8, 4) is 0 Å². The molecule has 1 aliphatic carbocycles. The number of amides is 1. The molecule has 2 atom stereocenters. The molecule has 1 amide bonds. The molecule has 0 bridgehead atoms. The van der Waals surface area contributed by atoms with Crippen LogP contribution in [-0.2, 0) is 4.79 Å². The molecule has 116 valence electrons. The van der Waals surface area contributed by atoms with Gasteiger partial charge in [-0.05, 0) is 25.2 Å². The number of hydrogen-bond acceptors (Lipinski definition) is 2. The number of carbonyl (C=O) groups is 1. The number of piperidine rings is 1. The van der Waals surface area contributed by atoms with Gasteiger partial charge in [-0.2, -0.15) is 0 Å². The van der Waals surface area contributed by atoms with E-state index in [0.717, 1.165) is 13.1 Å². The van der Waals surface area contributed by atoms with Crippen LogP contribution in [0.2, 0.25) is 0 Å². The van der Waals surface area contributed by atoms with Crippen LogP contribution in [0.25, 0.3) is 0 Å². The third-order valence-electron chi connectivity index (χ3n) is 5.00. The Hall–Kier alpha value is -0.570. The topological polar surface area (TPSA) is 32.3 Å². The minimum absolute atomic E-state index is 0.126. The molecule has 2 rings (SSSR count). The van der Waals surface area contributed by atoms with Crippen molar-refractivity contribution in [2.45, 2.75) is 77.8 Å². The molecule has 0 radical (unpaired) electrons. The van der Waals surface area contributed by atoms with Crippen LogP contribution in [0.5, 0.6) is 0 Å². The SMILES string of the molecule is CCC1CC(NC2CCCCC2)CN(C(=O)C(C)C)C1. The first-order chi connectivity index (χ1) is 9.60. The maximum absolute atomic E-state index is 12.3. The molecule has 1 aliphatic heterocycles. The normalized spacial score (nSPS) is 28.9. The Morgan fingerprint density at radius 2 is 1.85 bits per heavy atom. The average molecular weight is 280 g/mol. The van der Waals surface area contributed by atoms with Gasteiger partial charge in [-0.25, -0.2) is 0 Å².